The van der Waals surface area contributed by atoms with Crippen molar-refractivity contribution in [2.75, 3.05) is 6.61 Å². The van der Waals surface area contributed by atoms with Gasteiger partial charge in [0.1, 0.15) is 11.9 Å². The number of rotatable bonds is 11. The number of hydroxylamine groups is 1. The van der Waals surface area contributed by atoms with E-state index in [2.05, 4.69) is 15.5 Å². The van der Waals surface area contributed by atoms with Gasteiger partial charge < -0.3 is 20.5 Å². The monoisotopic (exact) mass is 516 g/mol. The summed E-state index contributed by atoms with van der Waals surface area (Å²) in [7, 11) is 0. The van der Waals surface area contributed by atoms with Gasteiger partial charge in [-0.3, -0.25) is 19.8 Å². The van der Waals surface area contributed by atoms with Gasteiger partial charge in [0.15, 0.2) is 0 Å². The van der Waals surface area contributed by atoms with Crippen molar-refractivity contribution in [1.29, 1.82) is 5.41 Å². The van der Waals surface area contributed by atoms with Crippen molar-refractivity contribution in [3.05, 3.63) is 35.4 Å². The van der Waals surface area contributed by atoms with Crippen molar-refractivity contribution in [1.82, 2.24) is 10.8 Å². The van der Waals surface area contributed by atoms with E-state index in [0.717, 1.165) is 5.56 Å². The summed E-state index contributed by atoms with van der Waals surface area (Å²) in [6.07, 6.45) is -7.57. The number of amidine groups is 1. The number of esters is 2. The summed E-state index contributed by atoms with van der Waals surface area (Å²) in [5.74, 6) is -3.73. The van der Waals surface area contributed by atoms with Gasteiger partial charge in [-0.2, -0.15) is 18.7 Å². The van der Waals surface area contributed by atoms with E-state index < -0.39 is 48.2 Å². The Hall–Kier alpha value is -3.19. The molecule has 1 aromatic carbocycles. The van der Waals surface area contributed by atoms with Crippen LogP contribution < -0.4 is 16.5 Å². The highest BCUT2D eigenvalue weighted by atomic mass is 19.4. The fraction of sp³-hybridized carbons (Fsp3) is 0.565. The van der Waals surface area contributed by atoms with Crippen LogP contribution in [0.25, 0.3) is 0 Å². The second kappa shape index (κ2) is 12.2. The number of carbonyl (C=O) groups is 3. The van der Waals surface area contributed by atoms with Gasteiger partial charge in [0.05, 0.1) is 31.6 Å². The van der Waals surface area contributed by atoms with Crippen LogP contribution in [0.1, 0.15) is 63.6 Å². The third-order valence-electron chi connectivity index (χ3n) is 5.33. The zero-order valence-electron chi connectivity index (χ0n) is 20.2. The van der Waals surface area contributed by atoms with Gasteiger partial charge in [-0.1, -0.05) is 24.3 Å². The second-order valence-corrected chi connectivity index (χ2v) is 9.06. The van der Waals surface area contributed by atoms with E-state index in [0.29, 0.717) is 12.0 Å². The van der Waals surface area contributed by atoms with Gasteiger partial charge in [-0.05, 0) is 32.8 Å². The standard InChI is InChI=1S/C23H31F3N4O6/c1-4-34-19(32)11-16(35-21(33)23(24,25)26)12-22(2,3)29-18(31)10-15-9-17(30-36-15)13-5-7-14(8-6-13)20(27)28/h5-8,15-17,30H,4,9-12H2,1-3H3,(H3,27,28)(H,29,31)/t15-,16?,17+/m1/s1. The summed E-state index contributed by atoms with van der Waals surface area (Å²) in [4.78, 5) is 41.3. The number of nitrogens with two attached hydrogens (primary N) is 1. The molecule has 1 unspecified atom stereocenters. The maximum absolute atomic E-state index is 12.7. The van der Waals surface area contributed by atoms with E-state index in [1.54, 1.807) is 24.3 Å². The van der Waals surface area contributed by atoms with E-state index >= 15 is 0 Å². The number of hydrogen-bond donors (Lipinski definition) is 4. The van der Waals surface area contributed by atoms with E-state index in [4.69, 9.17) is 20.7 Å². The maximum Gasteiger partial charge on any atom is 0.490 e. The Kier molecular flexibility index (Phi) is 9.82. The molecule has 3 atom stereocenters. The normalized spacial score (nSPS) is 18.8. The number of hydrogen-bond acceptors (Lipinski definition) is 8. The number of halogens is 3. The molecule has 0 radical (unpaired) electrons. The summed E-state index contributed by atoms with van der Waals surface area (Å²) >= 11 is 0. The van der Waals surface area contributed by atoms with E-state index in [1.807, 2.05) is 0 Å². The number of benzene rings is 1. The van der Waals surface area contributed by atoms with Crippen LogP contribution >= 0.6 is 0 Å². The lowest BCUT2D eigenvalue weighted by molar-refractivity contribution is -0.206. The predicted molar refractivity (Wildman–Crippen MR) is 121 cm³/mol. The van der Waals surface area contributed by atoms with Crippen LogP contribution in [0.2, 0.25) is 0 Å². The molecule has 13 heteroatoms. The Morgan fingerprint density at radius 2 is 1.89 bits per heavy atom. The number of nitrogen functional groups attached to an aromatic ring is 1. The molecular formula is C23H31F3N4O6. The van der Waals surface area contributed by atoms with Crippen molar-refractivity contribution < 1.29 is 41.9 Å². The van der Waals surface area contributed by atoms with Gasteiger partial charge in [0.2, 0.25) is 5.91 Å². The largest absolute Gasteiger partial charge is 0.490 e. The van der Waals surface area contributed by atoms with Gasteiger partial charge >= 0.3 is 18.1 Å². The van der Waals surface area contributed by atoms with Crippen molar-refractivity contribution >= 4 is 23.7 Å². The molecule has 1 aromatic rings. The quantitative estimate of drug-likeness (QED) is 0.199. The molecule has 0 aliphatic carbocycles. The molecule has 200 valence electrons. The summed E-state index contributed by atoms with van der Waals surface area (Å²) in [5, 5.41) is 10.1. The van der Waals surface area contributed by atoms with Gasteiger partial charge in [0.25, 0.3) is 0 Å². The Balaban J connectivity index is 1.94. The summed E-state index contributed by atoms with van der Waals surface area (Å²) in [6, 6.07) is 6.83. The SMILES string of the molecule is CCOC(=O)CC(CC(C)(C)NC(=O)C[C@H]1C[C@@H](c2ccc(C(=N)N)cc2)NO1)OC(=O)C(F)(F)F. The molecule has 10 nitrogen and oxygen atoms in total. The van der Waals surface area contributed by atoms with Crippen LogP contribution in [0.15, 0.2) is 24.3 Å². The van der Waals surface area contributed by atoms with Crippen molar-refractivity contribution in [3.63, 3.8) is 0 Å². The average molecular weight is 517 g/mol. The van der Waals surface area contributed by atoms with E-state index in [1.165, 1.54) is 20.8 Å². The fourth-order valence-electron chi connectivity index (χ4n) is 3.80. The third-order valence-corrected chi connectivity index (χ3v) is 5.33. The second-order valence-electron chi connectivity index (χ2n) is 9.06. The van der Waals surface area contributed by atoms with Crippen molar-refractivity contribution in [2.24, 2.45) is 5.73 Å². The third kappa shape index (κ3) is 9.11. The van der Waals surface area contributed by atoms with Gasteiger partial charge in [0, 0.05) is 17.5 Å². The lowest BCUT2D eigenvalue weighted by atomic mass is 9.94. The molecular weight excluding hydrogens is 485 g/mol. The maximum atomic E-state index is 12.7. The zero-order valence-corrected chi connectivity index (χ0v) is 20.2. The van der Waals surface area contributed by atoms with Crippen LogP contribution in [-0.2, 0) is 28.7 Å². The molecule has 1 aliphatic rings. The molecule has 2 rings (SSSR count). The fourth-order valence-corrected chi connectivity index (χ4v) is 3.80. The number of alkyl halides is 3. The minimum absolute atomic E-state index is 0.0101. The number of ether oxygens (including phenoxy) is 2. The highest BCUT2D eigenvalue weighted by Gasteiger charge is 2.43. The molecule has 0 saturated carbocycles. The summed E-state index contributed by atoms with van der Waals surface area (Å²) < 4.78 is 47.3. The smallest absolute Gasteiger partial charge is 0.466 e. The van der Waals surface area contributed by atoms with Crippen LogP contribution in [0.3, 0.4) is 0 Å². The van der Waals surface area contributed by atoms with Crippen molar-refractivity contribution in [3.8, 4) is 0 Å². The van der Waals surface area contributed by atoms with E-state index in [-0.39, 0.29) is 31.3 Å². The first-order chi connectivity index (χ1) is 16.7. The molecule has 5 N–H and O–H groups in total. The first kappa shape index (κ1) is 29.0. The number of nitrogens with one attached hydrogen (secondary N) is 3. The van der Waals surface area contributed by atoms with Gasteiger partial charge in [-0.15, -0.1) is 0 Å². The highest BCUT2D eigenvalue weighted by Crippen LogP contribution is 2.28. The summed E-state index contributed by atoms with van der Waals surface area (Å²) in [5.41, 5.74) is 8.67. The first-order valence-electron chi connectivity index (χ1n) is 11.3. The average Bonchev–Trinajstić information content (AvgIpc) is 3.20. The first-order valence-corrected chi connectivity index (χ1v) is 11.3. The molecule has 36 heavy (non-hydrogen) atoms. The van der Waals surface area contributed by atoms with Crippen molar-refractivity contribution in [2.45, 2.75) is 76.4 Å². The molecule has 1 aliphatic heterocycles. The minimum atomic E-state index is -5.23. The lowest BCUT2D eigenvalue weighted by Crippen LogP contribution is -2.48. The molecule has 0 bridgehead atoms. The molecule has 1 fully saturated rings. The Labute approximate surface area is 206 Å². The number of amides is 1. The predicted octanol–water partition coefficient (Wildman–Crippen LogP) is 2.41. The minimum Gasteiger partial charge on any atom is -0.466 e. The zero-order chi connectivity index (χ0) is 27.1. The molecule has 1 heterocycles. The Bertz CT molecular complexity index is 952. The van der Waals surface area contributed by atoms with Crippen LogP contribution in [0.4, 0.5) is 13.2 Å². The van der Waals surface area contributed by atoms with Crippen LogP contribution in [0.5, 0.6) is 0 Å². The molecule has 0 spiro atoms. The highest BCUT2D eigenvalue weighted by molar-refractivity contribution is 5.94. The Morgan fingerprint density at radius 1 is 1.25 bits per heavy atom. The lowest BCUT2D eigenvalue weighted by Gasteiger charge is -2.30. The topological polar surface area (TPSA) is 153 Å². The van der Waals surface area contributed by atoms with Gasteiger partial charge in [-0.25, -0.2) is 4.79 Å². The molecule has 1 saturated heterocycles. The van der Waals surface area contributed by atoms with Crippen LogP contribution in [-0.4, -0.2) is 54.2 Å². The van der Waals surface area contributed by atoms with E-state index in [9.17, 15) is 27.6 Å². The summed E-state index contributed by atoms with van der Waals surface area (Å²) in [6.45, 7) is 4.62. The number of carbonyl (C=O) groups excluding carboxylic acids is 3. The Morgan fingerprint density at radius 3 is 2.44 bits per heavy atom. The molecule has 0 aromatic heterocycles. The molecule has 1 amide bonds. The van der Waals surface area contributed by atoms with Crippen LogP contribution in [0, 0.1) is 5.41 Å².